The van der Waals surface area contributed by atoms with Gasteiger partial charge >= 0.3 is 0 Å². The van der Waals surface area contributed by atoms with Crippen molar-refractivity contribution in [2.75, 3.05) is 26.2 Å². The van der Waals surface area contributed by atoms with Crippen LogP contribution in [0.1, 0.15) is 34.6 Å². The molecule has 2 N–H and O–H groups in total. The zero-order chi connectivity index (χ0) is 14.1. The molecule has 1 atom stereocenters. The fourth-order valence-corrected chi connectivity index (χ4v) is 1.48. The predicted octanol–water partition coefficient (Wildman–Crippen LogP) is 0.605. The lowest BCUT2D eigenvalue weighted by atomic mass is 10.2. The number of likely N-dealkylation sites (N-methyl/N-ethyl adjacent to an activating group) is 1. The molecule has 0 rings (SSSR count). The van der Waals surface area contributed by atoms with Crippen LogP contribution in [0.5, 0.6) is 0 Å². The molecular weight excluding hydrogens is 230 g/mol. The lowest BCUT2D eigenvalue weighted by Gasteiger charge is -2.20. The van der Waals surface area contributed by atoms with Crippen molar-refractivity contribution in [3.05, 3.63) is 0 Å². The van der Waals surface area contributed by atoms with Crippen molar-refractivity contribution in [2.45, 2.75) is 40.7 Å². The number of carbonyl (C=O) groups excluding carboxylic acids is 2. The number of hydrogen-bond acceptors (Lipinski definition) is 3. The minimum Gasteiger partial charge on any atom is -0.354 e. The molecule has 0 fully saturated rings. The number of nitrogens with one attached hydrogen (secondary N) is 2. The highest BCUT2D eigenvalue weighted by Gasteiger charge is 2.15. The van der Waals surface area contributed by atoms with E-state index in [1.807, 2.05) is 27.7 Å². The summed E-state index contributed by atoms with van der Waals surface area (Å²) in [5, 5.41) is 5.79. The molecule has 0 bridgehead atoms. The molecule has 0 aromatic rings. The standard InChI is InChI=1S/C13H27N3O2/c1-6-16(7-2)12(17)9-14-11(5)13(18)15-8-10(3)4/h10-11,14H,6-9H2,1-5H3,(H,15,18). The maximum Gasteiger partial charge on any atom is 0.236 e. The lowest BCUT2D eigenvalue weighted by molar-refractivity contribution is -0.130. The molecule has 0 aliphatic rings. The number of hydrogen-bond donors (Lipinski definition) is 2. The average Bonchev–Trinajstić information content (AvgIpc) is 2.34. The Morgan fingerprint density at radius 2 is 1.67 bits per heavy atom. The van der Waals surface area contributed by atoms with Gasteiger partial charge in [0.15, 0.2) is 0 Å². The zero-order valence-corrected chi connectivity index (χ0v) is 12.2. The molecule has 106 valence electrons. The molecule has 0 aliphatic heterocycles. The second-order valence-corrected chi connectivity index (χ2v) is 4.81. The molecule has 5 heteroatoms. The van der Waals surface area contributed by atoms with E-state index in [1.54, 1.807) is 11.8 Å². The van der Waals surface area contributed by atoms with Gasteiger partial charge in [-0.3, -0.25) is 14.9 Å². The quantitative estimate of drug-likeness (QED) is 0.669. The molecule has 0 aliphatic carbocycles. The Balaban J connectivity index is 3.98. The van der Waals surface area contributed by atoms with Gasteiger partial charge < -0.3 is 10.2 Å². The fraction of sp³-hybridized carbons (Fsp3) is 0.846. The van der Waals surface area contributed by atoms with Gasteiger partial charge in [-0.25, -0.2) is 0 Å². The van der Waals surface area contributed by atoms with Crippen molar-refractivity contribution in [3.63, 3.8) is 0 Å². The van der Waals surface area contributed by atoms with E-state index in [2.05, 4.69) is 10.6 Å². The number of carbonyl (C=O) groups is 2. The molecule has 5 nitrogen and oxygen atoms in total. The van der Waals surface area contributed by atoms with Crippen LogP contribution in [0.25, 0.3) is 0 Å². The van der Waals surface area contributed by atoms with Crippen LogP contribution in [0, 0.1) is 5.92 Å². The summed E-state index contributed by atoms with van der Waals surface area (Å²) in [5.41, 5.74) is 0. The number of amides is 2. The third-order valence-corrected chi connectivity index (χ3v) is 2.75. The highest BCUT2D eigenvalue weighted by molar-refractivity contribution is 5.83. The van der Waals surface area contributed by atoms with Crippen molar-refractivity contribution in [2.24, 2.45) is 5.92 Å². The minimum absolute atomic E-state index is 0.0310. The van der Waals surface area contributed by atoms with Crippen LogP contribution in [0.3, 0.4) is 0 Å². The first-order valence-electron chi connectivity index (χ1n) is 6.71. The molecular formula is C13H27N3O2. The van der Waals surface area contributed by atoms with E-state index >= 15 is 0 Å². The Bertz CT molecular complexity index is 263. The van der Waals surface area contributed by atoms with Crippen LogP contribution in [0.15, 0.2) is 0 Å². The Kier molecular flexibility index (Phi) is 8.37. The van der Waals surface area contributed by atoms with E-state index in [0.29, 0.717) is 25.6 Å². The van der Waals surface area contributed by atoms with Gasteiger partial charge in [-0.15, -0.1) is 0 Å². The van der Waals surface area contributed by atoms with Crippen LogP contribution in [0.2, 0.25) is 0 Å². The summed E-state index contributed by atoms with van der Waals surface area (Å²) >= 11 is 0. The van der Waals surface area contributed by atoms with Gasteiger partial charge in [-0.2, -0.15) is 0 Å². The predicted molar refractivity (Wildman–Crippen MR) is 73.2 cm³/mol. The van der Waals surface area contributed by atoms with Gasteiger partial charge in [0.2, 0.25) is 11.8 Å². The lowest BCUT2D eigenvalue weighted by Crippen LogP contribution is -2.47. The third kappa shape index (κ3) is 6.59. The van der Waals surface area contributed by atoms with Crippen molar-refractivity contribution in [1.29, 1.82) is 0 Å². The summed E-state index contributed by atoms with van der Waals surface area (Å²) < 4.78 is 0. The first kappa shape index (κ1) is 16.9. The average molecular weight is 257 g/mol. The smallest absolute Gasteiger partial charge is 0.236 e. The minimum atomic E-state index is -0.344. The van der Waals surface area contributed by atoms with Crippen molar-refractivity contribution < 1.29 is 9.59 Å². The van der Waals surface area contributed by atoms with Gasteiger partial charge in [0.25, 0.3) is 0 Å². The molecule has 0 saturated carbocycles. The zero-order valence-electron chi connectivity index (χ0n) is 12.2. The second-order valence-electron chi connectivity index (χ2n) is 4.81. The topological polar surface area (TPSA) is 61.4 Å². The molecule has 2 amide bonds. The molecule has 1 unspecified atom stereocenters. The van der Waals surface area contributed by atoms with Gasteiger partial charge in [-0.1, -0.05) is 13.8 Å². The van der Waals surface area contributed by atoms with Gasteiger partial charge in [0.05, 0.1) is 12.6 Å². The van der Waals surface area contributed by atoms with Crippen molar-refractivity contribution in [3.8, 4) is 0 Å². The fourth-order valence-electron chi connectivity index (χ4n) is 1.48. The Morgan fingerprint density at radius 1 is 1.11 bits per heavy atom. The van der Waals surface area contributed by atoms with Gasteiger partial charge in [0, 0.05) is 19.6 Å². The van der Waals surface area contributed by atoms with E-state index in [4.69, 9.17) is 0 Å². The molecule has 0 heterocycles. The molecule has 0 saturated heterocycles. The van der Waals surface area contributed by atoms with Crippen LogP contribution in [-0.2, 0) is 9.59 Å². The van der Waals surface area contributed by atoms with Crippen molar-refractivity contribution in [1.82, 2.24) is 15.5 Å². The highest BCUT2D eigenvalue weighted by atomic mass is 16.2. The van der Waals surface area contributed by atoms with Crippen LogP contribution >= 0.6 is 0 Å². The highest BCUT2D eigenvalue weighted by Crippen LogP contribution is 1.91. The van der Waals surface area contributed by atoms with Crippen molar-refractivity contribution >= 4 is 11.8 Å². The van der Waals surface area contributed by atoms with E-state index in [1.165, 1.54) is 0 Å². The first-order valence-corrected chi connectivity index (χ1v) is 6.71. The number of nitrogens with zero attached hydrogens (tertiary/aromatic N) is 1. The molecule has 0 aromatic heterocycles. The summed E-state index contributed by atoms with van der Waals surface area (Å²) in [6, 6.07) is -0.344. The van der Waals surface area contributed by atoms with Gasteiger partial charge in [0.1, 0.15) is 0 Å². The van der Waals surface area contributed by atoms with E-state index in [9.17, 15) is 9.59 Å². The van der Waals surface area contributed by atoms with Crippen LogP contribution < -0.4 is 10.6 Å². The molecule has 0 radical (unpaired) electrons. The molecule has 18 heavy (non-hydrogen) atoms. The van der Waals surface area contributed by atoms with E-state index in [-0.39, 0.29) is 24.4 Å². The van der Waals surface area contributed by atoms with Gasteiger partial charge in [-0.05, 0) is 26.7 Å². The number of rotatable bonds is 8. The monoisotopic (exact) mass is 257 g/mol. The SMILES string of the molecule is CCN(CC)C(=O)CNC(C)C(=O)NCC(C)C. The van der Waals surface area contributed by atoms with E-state index in [0.717, 1.165) is 0 Å². The Hall–Kier alpha value is -1.10. The summed E-state index contributed by atoms with van der Waals surface area (Å²) in [5.74, 6) is 0.401. The Morgan fingerprint density at radius 3 is 2.11 bits per heavy atom. The largest absolute Gasteiger partial charge is 0.354 e. The maximum atomic E-state index is 11.7. The van der Waals surface area contributed by atoms with Crippen LogP contribution in [-0.4, -0.2) is 48.9 Å². The summed E-state index contributed by atoms with van der Waals surface area (Å²) in [4.78, 5) is 25.1. The van der Waals surface area contributed by atoms with E-state index < -0.39 is 0 Å². The summed E-state index contributed by atoms with van der Waals surface area (Å²) in [7, 11) is 0. The Labute approximate surface area is 110 Å². The normalized spacial score (nSPS) is 12.3. The van der Waals surface area contributed by atoms with Crippen LogP contribution in [0.4, 0.5) is 0 Å². The molecule has 0 aromatic carbocycles. The maximum absolute atomic E-state index is 11.7. The molecule has 0 spiro atoms. The second kappa shape index (κ2) is 8.91. The first-order chi connectivity index (χ1) is 8.42. The summed E-state index contributed by atoms with van der Waals surface area (Å²) in [6.07, 6.45) is 0. The third-order valence-electron chi connectivity index (χ3n) is 2.75. The summed E-state index contributed by atoms with van der Waals surface area (Å²) in [6.45, 7) is 12.0.